The lowest BCUT2D eigenvalue weighted by Gasteiger charge is -2.28. The van der Waals surface area contributed by atoms with Crippen LogP contribution in [0.5, 0.6) is 0 Å². The van der Waals surface area contributed by atoms with Crippen molar-refractivity contribution in [2.45, 2.75) is 19.3 Å². The van der Waals surface area contributed by atoms with Crippen molar-refractivity contribution >= 4 is 19.6 Å². The summed E-state index contributed by atoms with van der Waals surface area (Å²) in [5.41, 5.74) is 3.47. The van der Waals surface area contributed by atoms with E-state index in [0.29, 0.717) is 6.42 Å². The van der Waals surface area contributed by atoms with Gasteiger partial charge in [-0.25, -0.2) is 0 Å². The topological polar surface area (TPSA) is 45.5 Å². The van der Waals surface area contributed by atoms with E-state index in [9.17, 15) is 4.79 Å². The lowest BCUT2D eigenvalue weighted by Crippen LogP contribution is -2.32. The minimum Gasteiger partial charge on any atom is -0.481 e. The van der Waals surface area contributed by atoms with Crippen LogP contribution in [0, 0.1) is 0 Å². The Labute approximate surface area is 100 Å². The third-order valence-electron chi connectivity index (χ3n) is 3.13. The average molecular weight is 227 g/mol. The Balaban J connectivity index is 1.79. The van der Waals surface area contributed by atoms with Gasteiger partial charge in [0.1, 0.15) is 0 Å². The van der Waals surface area contributed by atoms with Crippen LogP contribution in [-0.2, 0) is 4.79 Å². The first-order chi connectivity index (χ1) is 8.24. The molecule has 85 valence electrons. The highest BCUT2D eigenvalue weighted by Gasteiger charge is 2.26. The molecule has 0 aromatic carbocycles. The molecule has 5 heteroatoms. The molecule has 0 amide bonds. The first-order valence-electron chi connectivity index (χ1n) is 5.66. The van der Waals surface area contributed by atoms with Crippen LogP contribution in [-0.4, -0.2) is 27.9 Å². The van der Waals surface area contributed by atoms with E-state index >= 15 is 0 Å². The number of carboxylic acid groups (broad SMARTS) is 1. The van der Waals surface area contributed by atoms with Gasteiger partial charge in [0.25, 0.3) is 0 Å². The molecule has 2 aliphatic rings. The SMILES string of the molecule is O=C(O)CCC1=CCC2=Cc3cccn3[B]N21. The Kier molecular flexibility index (Phi) is 2.32. The number of fused-ring (bicyclic) bond motifs is 2. The molecule has 1 N–H and O–H groups in total. The number of aromatic nitrogens is 1. The number of hydrogen-bond donors (Lipinski definition) is 1. The predicted molar refractivity (Wildman–Crippen MR) is 65.0 cm³/mol. The molecular weight excluding hydrogens is 215 g/mol. The van der Waals surface area contributed by atoms with E-state index < -0.39 is 5.97 Å². The number of aliphatic carboxylic acids is 1. The molecule has 0 unspecified atom stereocenters. The predicted octanol–water partition coefficient (Wildman–Crippen LogP) is 1.68. The third kappa shape index (κ3) is 1.77. The van der Waals surface area contributed by atoms with Crippen molar-refractivity contribution in [3.8, 4) is 0 Å². The summed E-state index contributed by atoms with van der Waals surface area (Å²) in [7, 11) is 2.02. The molecule has 1 aromatic rings. The molecule has 3 heterocycles. The van der Waals surface area contributed by atoms with Gasteiger partial charge in [-0.3, -0.25) is 4.79 Å². The van der Waals surface area contributed by atoms with Crippen molar-refractivity contribution in [2.75, 3.05) is 0 Å². The lowest BCUT2D eigenvalue weighted by atomic mass is 10.00. The fraction of sp³-hybridized carbons (Fsp3) is 0.250. The molecule has 0 atom stereocenters. The van der Waals surface area contributed by atoms with Crippen molar-refractivity contribution in [3.05, 3.63) is 41.5 Å². The molecule has 0 spiro atoms. The standard InChI is InChI=1S/C12H12BN2O2/c16-12(17)6-5-9-3-4-11-8-10-2-1-7-14(10)13-15(9)11/h1-3,7-8H,4-6H2,(H,16,17). The number of hydrogen-bond acceptors (Lipinski definition) is 2. The molecule has 0 saturated heterocycles. The van der Waals surface area contributed by atoms with E-state index in [1.54, 1.807) is 0 Å². The Bertz CT molecular complexity index is 530. The molecule has 0 saturated carbocycles. The smallest absolute Gasteiger partial charge is 0.400 e. The largest absolute Gasteiger partial charge is 0.481 e. The van der Waals surface area contributed by atoms with E-state index in [4.69, 9.17) is 5.11 Å². The van der Waals surface area contributed by atoms with Crippen LogP contribution < -0.4 is 0 Å². The van der Waals surface area contributed by atoms with E-state index in [0.717, 1.165) is 12.1 Å². The van der Waals surface area contributed by atoms with Crippen molar-refractivity contribution in [3.63, 3.8) is 0 Å². The van der Waals surface area contributed by atoms with Gasteiger partial charge in [0.2, 0.25) is 0 Å². The van der Waals surface area contributed by atoms with E-state index in [1.807, 2.05) is 24.3 Å². The van der Waals surface area contributed by atoms with Crippen molar-refractivity contribution in [1.29, 1.82) is 0 Å². The normalized spacial score (nSPS) is 16.8. The Morgan fingerprint density at radius 2 is 2.41 bits per heavy atom. The van der Waals surface area contributed by atoms with Gasteiger partial charge in [0.05, 0.1) is 6.42 Å². The van der Waals surface area contributed by atoms with Crippen molar-refractivity contribution in [1.82, 2.24) is 9.29 Å². The van der Waals surface area contributed by atoms with Gasteiger partial charge in [0.15, 0.2) is 0 Å². The van der Waals surface area contributed by atoms with E-state index in [1.165, 1.54) is 11.4 Å². The fourth-order valence-electron chi connectivity index (χ4n) is 2.27. The molecular formula is C12H12BN2O2. The Hall–Kier alpha value is -1.91. The first-order valence-corrected chi connectivity index (χ1v) is 5.66. The monoisotopic (exact) mass is 227 g/mol. The summed E-state index contributed by atoms with van der Waals surface area (Å²) >= 11 is 0. The molecule has 1 radical (unpaired) electrons. The van der Waals surface area contributed by atoms with Crippen LogP contribution in [0.25, 0.3) is 6.08 Å². The highest BCUT2D eigenvalue weighted by Crippen LogP contribution is 2.31. The number of nitrogens with zero attached hydrogens (tertiary/aromatic N) is 2. The summed E-state index contributed by atoms with van der Waals surface area (Å²) in [5, 5.41) is 8.72. The maximum Gasteiger partial charge on any atom is 0.400 e. The van der Waals surface area contributed by atoms with Crippen LogP contribution in [0.4, 0.5) is 0 Å². The summed E-state index contributed by atoms with van der Waals surface area (Å²) in [6.45, 7) is 0. The zero-order chi connectivity index (χ0) is 11.8. The molecule has 17 heavy (non-hydrogen) atoms. The zero-order valence-corrected chi connectivity index (χ0v) is 9.34. The second-order valence-corrected chi connectivity index (χ2v) is 4.25. The molecule has 4 nitrogen and oxygen atoms in total. The highest BCUT2D eigenvalue weighted by molar-refractivity contribution is 6.33. The quantitative estimate of drug-likeness (QED) is 0.799. The van der Waals surface area contributed by atoms with Crippen LogP contribution in [0.15, 0.2) is 35.8 Å². The van der Waals surface area contributed by atoms with Gasteiger partial charge in [-0.05, 0) is 30.8 Å². The summed E-state index contributed by atoms with van der Waals surface area (Å²) in [6.07, 6.45) is 7.90. The summed E-state index contributed by atoms with van der Waals surface area (Å²) in [4.78, 5) is 12.7. The second-order valence-electron chi connectivity index (χ2n) is 4.25. The number of rotatable bonds is 3. The van der Waals surface area contributed by atoms with Crippen LogP contribution in [0.2, 0.25) is 0 Å². The molecule has 2 aliphatic heterocycles. The molecule has 0 fully saturated rings. The van der Waals surface area contributed by atoms with Crippen LogP contribution in [0.3, 0.4) is 0 Å². The summed E-state index contributed by atoms with van der Waals surface area (Å²) in [6, 6.07) is 4.07. The van der Waals surface area contributed by atoms with Gasteiger partial charge in [0, 0.05) is 23.5 Å². The highest BCUT2D eigenvalue weighted by atomic mass is 16.4. The lowest BCUT2D eigenvalue weighted by molar-refractivity contribution is -0.137. The third-order valence-corrected chi connectivity index (χ3v) is 3.13. The molecule has 1 aromatic heterocycles. The van der Waals surface area contributed by atoms with Gasteiger partial charge in [-0.15, -0.1) is 0 Å². The van der Waals surface area contributed by atoms with Crippen LogP contribution in [0.1, 0.15) is 25.0 Å². The average Bonchev–Trinajstić information content (AvgIpc) is 2.88. The molecule has 3 rings (SSSR count). The Morgan fingerprint density at radius 1 is 1.53 bits per heavy atom. The van der Waals surface area contributed by atoms with Crippen molar-refractivity contribution < 1.29 is 9.90 Å². The Morgan fingerprint density at radius 3 is 3.24 bits per heavy atom. The van der Waals surface area contributed by atoms with Gasteiger partial charge >= 0.3 is 13.5 Å². The minimum atomic E-state index is -0.748. The summed E-state index contributed by atoms with van der Waals surface area (Å²) in [5.74, 6) is -0.748. The van der Waals surface area contributed by atoms with Gasteiger partial charge in [-0.1, -0.05) is 6.08 Å². The fourth-order valence-corrected chi connectivity index (χ4v) is 2.27. The van der Waals surface area contributed by atoms with Gasteiger partial charge in [-0.2, -0.15) is 0 Å². The number of carbonyl (C=O) groups is 1. The van der Waals surface area contributed by atoms with E-state index in [2.05, 4.69) is 23.0 Å². The number of allylic oxidation sites excluding steroid dienone is 2. The van der Waals surface area contributed by atoms with Crippen molar-refractivity contribution in [2.24, 2.45) is 0 Å². The molecule has 0 aliphatic carbocycles. The maximum absolute atomic E-state index is 10.6. The maximum atomic E-state index is 10.6. The molecule has 0 bridgehead atoms. The first kappa shape index (κ1) is 10.3. The minimum absolute atomic E-state index is 0.183. The van der Waals surface area contributed by atoms with Gasteiger partial charge < -0.3 is 14.4 Å². The summed E-state index contributed by atoms with van der Waals surface area (Å²) < 4.78 is 2.05. The van der Waals surface area contributed by atoms with Crippen LogP contribution >= 0.6 is 0 Å². The second kappa shape index (κ2) is 3.84. The van der Waals surface area contributed by atoms with E-state index in [-0.39, 0.29) is 6.42 Å². The number of carboxylic acids is 1. The zero-order valence-electron chi connectivity index (χ0n) is 9.34.